The number of alkyl halides is 3. The summed E-state index contributed by atoms with van der Waals surface area (Å²) in [6, 6.07) is 18.1. The number of H-pyrrole nitrogens is 1. The molecule has 0 aliphatic carbocycles. The van der Waals surface area contributed by atoms with Gasteiger partial charge < -0.3 is 20.5 Å². The van der Waals surface area contributed by atoms with Crippen molar-refractivity contribution in [2.24, 2.45) is 0 Å². The quantitative estimate of drug-likeness (QED) is 0.347. The first-order valence-corrected chi connectivity index (χ1v) is 10.6. The fraction of sp³-hybridized carbons (Fsp3) is 0.160. The zero-order chi connectivity index (χ0) is 25.2. The van der Waals surface area contributed by atoms with Crippen LogP contribution in [0.25, 0.3) is 33.3 Å². The Bertz CT molecular complexity index is 1410. The summed E-state index contributed by atoms with van der Waals surface area (Å²) in [6.07, 6.45) is -2.47. The molecule has 0 radical (unpaired) electrons. The topological polar surface area (TPSA) is 115 Å². The summed E-state index contributed by atoms with van der Waals surface area (Å²) in [5, 5.41) is 21.5. The lowest BCUT2D eigenvalue weighted by atomic mass is 10.0. The summed E-state index contributed by atoms with van der Waals surface area (Å²) < 4.78 is 31.7. The van der Waals surface area contributed by atoms with Gasteiger partial charge in [0.05, 0.1) is 17.9 Å². The Labute approximate surface area is 197 Å². The number of carboxylic acid groups (broad SMARTS) is 1. The van der Waals surface area contributed by atoms with Crippen molar-refractivity contribution in [1.29, 1.82) is 0 Å². The number of benzene rings is 2. The molecule has 0 bridgehead atoms. The number of aromatic nitrogens is 2. The number of hydrogen-bond donors (Lipinski definition) is 4. The van der Waals surface area contributed by atoms with Crippen molar-refractivity contribution in [1.82, 2.24) is 15.3 Å². The van der Waals surface area contributed by atoms with Crippen LogP contribution in [0.15, 0.2) is 60.8 Å². The first-order chi connectivity index (χ1) is 16.7. The number of nitrogens with zero attached hydrogens (tertiary/aromatic N) is 1. The highest BCUT2D eigenvalue weighted by Crippen LogP contribution is 2.29. The zero-order valence-electron chi connectivity index (χ0n) is 18.2. The number of carbonyl (C=O) groups excluding carboxylic acids is 1. The maximum absolute atomic E-state index is 12.0. The second kappa shape index (κ2) is 9.59. The van der Waals surface area contributed by atoms with Crippen LogP contribution in [0.4, 0.5) is 13.2 Å². The average Bonchev–Trinajstić information content (AvgIpc) is 3.29. The van der Waals surface area contributed by atoms with Crippen molar-refractivity contribution in [2.45, 2.75) is 19.2 Å². The van der Waals surface area contributed by atoms with Gasteiger partial charge in [-0.1, -0.05) is 24.3 Å². The molecule has 4 N–H and O–H groups in total. The van der Waals surface area contributed by atoms with Crippen molar-refractivity contribution >= 4 is 22.6 Å². The van der Waals surface area contributed by atoms with Gasteiger partial charge in [-0.15, -0.1) is 0 Å². The van der Waals surface area contributed by atoms with Gasteiger partial charge in [-0.05, 0) is 46.7 Å². The first kappa shape index (κ1) is 24.0. The molecule has 4 aromatic rings. The Morgan fingerprint density at radius 1 is 1.00 bits per heavy atom. The lowest BCUT2D eigenvalue weighted by molar-refractivity contribution is -0.192. The van der Waals surface area contributed by atoms with E-state index in [0.29, 0.717) is 6.54 Å². The molecule has 180 valence electrons. The minimum absolute atomic E-state index is 0.0187. The largest absolute Gasteiger partial charge is 0.490 e. The molecule has 2 aromatic carbocycles. The number of carboxylic acids is 1. The number of aliphatic hydroxyl groups excluding tert-OH is 1. The van der Waals surface area contributed by atoms with E-state index in [1.165, 1.54) is 0 Å². The standard InChI is InChI=1S/C23H19N3O2.C2HF3O2/c27-13-14-1-2-16-10-17(4-3-15(16)9-14)21-11-18(5-7-24-21)22-12-19-20(26-22)6-8-25-23(19)28;3-2(4,5)1(6)7/h1-5,7,9-12,26-27H,6,8,13H2,(H,25,28);(H,6,7). The number of fused-ring (bicyclic) bond motifs is 2. The molecule has 7 nitrogen and oxygen atoms in total. The number of aliphatic carboxylic acids is 1. The van der Waals surface area contributed by atoms with E-state index in [0.717, 1.165) is 56.5 Å². The van der Waals surface area contributed by atoms with Gasteiger partial charge in [-0.2, -0.15) is 13.2 Å². The summed E-state index contributed by atoms with van der Waals surface area (Å²) in [5.74, 6) is -2.78. The number of aromatic amines is 1. The third-order valence-corrected chi connectivity index (χ3v) is 5.50. The van der Waals surface area contributed by atoms with Crippen LogP contribution in [0.5, 0.6) is 0 Å². The van der Waals surface area contributed by atoms with E-state index < -0.39 is 12.1 Å². The Hall–Kier alpha value is -4.18. The molecule has 0 atom stereocenters. The SMILES string of the molecule is O=C(O)C(F)(F)F.O=C1NCCc2[nH]c(-c3ccnc(-c4ccc5cc(CO)ccc5c4)c3)cc21. The number of halogens is 3. The van der Waals surface area contributed by atoms with Crippen molar-refractivity contribution in [3.63, 3.8) is 0 Å². The molecule has 1 aliphatic rings. The van der Waals surface area contributed by atoms with E-state index in [9.17, 15) is 23.1 Å². The minimum Gasteiger partial charge on any atom is -0.475 e. The van der Waals surface area contributed by atoms with Crippen LogP contribution < -0.4 is 5.32 Å². The molecular weight excluding hydrogens is 463 g/mol. The third kappa shape index (κ3) is 5.33. The Balaban J connectivity index is 0.000000364. The van der Waals surface area contributed by atoms with E-state index in [1.54, 1.807) is 6.20 Å². The fourth-order valence-corrected chi connectivity index (χ4v) is 3.76. The number of aliphatic hydroxyl groups is 1. The fourth-order valence-electron chi connectivity index (χ4n) is 3.76. The average molecular weight is 483 g/mol. The van der Waals surface area contributed by atoms with E-state index >= 15 is 0 Å². The van der Waals surface area contributed by atoms with Crippen LogP contribution in [0.1, 0.15) is 21.6 Å². The first-order valence-electron chi connectivity index (χ1n) is 10.6. The smallest absolute Gasteiger partial charge is 0.475 e. The predicted octanol–water partition coefficient (Wildman–Crippen LogP) is 4.31. The molecule has 2 aromatic heterocycles. The highest BCUT2D eigenvalue weighted by Gasteiger charge is 2.38. The molecule has 10 heteroatoms. The summed E-state index contributed by atoms with van der Waals surface area (Å²) >= 11 is 0. The minimum atomic E-state index is -5.08. The number of pyridine rings is 1. The van der Waals surface area contributed by atoms with Crippen LogP contribution in [-0.4, -0.2) is 44.8 Å². The molecule has 5 rings (SSSR count). The van der Waals surface area contributed by atoms with Gasteiger partial charge in [0.2, 0.25) is 0 Å². The molecule has 1 amide bonds. The number of carbonyl (C=O) groups is 2. The Kier molecular flexibility index (Phi) is 6.57. The van der Waals surface area contributed by atoms with E-state index in [1.807, 2.05) is 42.5 Å². The maximum atomic E-state index is 12.0. The van der Waals surface area contributed by atoms with Gasteiger partial charge in [0.1, 0.15) is 0 Å². The molecule has 0 saturated heterocycles. The van der Waals surface area contributed by atoms with Crippen molar-refractivity contribution in [3.8, 4) is 22.5 Å². The molecule has 0 fully saturated rings. The lowest BCUT2D eigenvalue weighted by Crippen LogP contribution is -2.31. The number of amides is 1. The van der Waals surface area contributed by atoms with E-state index in [4.69, 9.17) is 9.90 Å². The van der Waals surface area contributed by atoms with Crippen LogP contribution in [0, 0.1) is 0 Å². The lowest BCUT2D eigenvalue weighted by Gasteiger charge is -2.11. The summed E-state index contributed by atoms with van der Waals surface area (Å²) in [5.41, 5.74) is 6.46. The van der Waals surface area contributed by atoms with E-state index in [-0.39, 0.29) is 12.5 Å². The summed E-state index contributed by atoms with van der Waals surface area (Å²) in [7, 11) is 0. The highest BCUT2D eigenvalue weighted by atomic mass is 19.4. The van der Waals surface area contributed by atoms with Crippen molar-refractivity contribution < 1.29 is 33.0 Å². The highest BCUT2D eigenvalue weighted by molar-refractivity contribution is 5.98. The Morgan fingerprint density at radius 2 is 1.71 bits per heavy atom. The predicted molar refractivity (Wildman–Crippen MR) is 123 cm³/mol. The van der Waals surface area contributed by atoms with Gasteiger partial charge in [0, 0.05) is 41.7 Å². The molecular formula is C25H20F3N3O4. The van der Waals surface area contributed by atoms with Crippen molar-refractivity contribution in [3.05, 3.63) is 77.6 Å². The zero-order valence-corrected chi connectivity index (χ0v) is 18.2. The van der Waals surface area contributed by atoms with Gasteiger partial charge in [0.15, 0.2) is 0 Å². The normalized spacial score (nSPS) is 13.0. The third-order valence-electron chi connectivity index (χ3n) is 5.50. The second-order valence-electron chi connectivity index (χ2n) is 7.87. The van der Waals surface area contributed by atoms with Gasteiger partial charge in [0.25, 0.3) is 5.91 Å². The van der Waals surface area contributed by atoms with Crippen LogP contribution >= 0.6 is 0 Å². The number of rotatable bonds is 3. The molecule has 0 unspecified atom stereocenters. The second-order valence-corrected chi connectivity index (χ2v) is 7.87. The van der Waals surface area contributed by atoms with Crippen LogP contribution in [0.2, 0.25) is 0 Å². The van der Waals surface area contributed by atoms with Gasteiger partial charge in [-0.3, -0.25) is 9.78 Å². The van der Waals surface area contributed by atoms with Crippen LogP contribution in [-0.2, 0) is 17.8 Å². The monoisotopic (exact) mass is 483 g/mol. The van der Waals surface area contributed by atoms with Gasteiger partial charge in [-0.25, -0.2) is 4.79 Å². The van der Waals surface area contributed by atoms with Crippen LogP contribution in [0.3, 0.4) is 0 Å². The molecule has 35 heavy (non-hydrogen) atoms. The molecule has 1 aliphatic heterocycles. The van der Waals surface area contributed by atoms with Gasteiger partial charge >= 0.3 is 12.1 Å². The summed E-state index contributed by atoms with van der Waals surface area (Å²) in [4.78, 5) is 28.9. The molecule has 0 saturated carbocycles. The van der Waals surface area contributed by atoms with Crippen molar-refractivity contribution in [2.75, 3.05) is 6.54 Å². The Morgan fingerprint density at radius 3 is 2.40 bits per heavy atom. The number of hydrogen-bond acceptors (Lipinski definition) is 4. The molecule has 0 spiro atoms. The maximum Gasteiger partial charge on any atom is 0.490 e. The summed E-state index contributed by atoms with van der Waals surface area (Å²) in [6.45, 7) is 0.710. The number of nitrogens with one attached hydrogen (secondary N) is 2. The van der Waals surface area contributed by atoms with E-state index in [2.05, 4.69) is 27.4 Å². The molecule has 3 heterocycles.